The van der Waals surface area contributed by atoms with Crippen molar-refractivity contribution in [3.05, 3.63) is 58.4 Å². The summed E-state index contributed by atoms with van der Waals surface area (Å²) in [5.74, 6) is 0. The Morgan fingerprint density at radius 2 is 1.91 bits per heavy atom. The maximum Gasteiger partial charge on any atom is 0.258 e. The van der Waals surface area contributed by atoms with Crippen LogP contribution in [0.15, 0.2) is 41.5 Å². The van der Waals surface area contributed by atoms with Crippen molar-refractivity contribution in [2.24, 2.45) is 0 Å². The Morgan fingerprint density at radius 3 is 2.64 bits per heavy atom. The second kappa shape index (κ2) is 8.26. The number of hydrogen-bond acceptors (Lipinski definition) is 6. The molecule has 1 aliphatic rings. The number of aromatic nitrogens is 5. The van der Waals surface area contributed by atoms with E-state index in [1.165, 1.54) is 0 Å². The summed E-state index contributed by atoms with van der Waals surface area (Å²) >= 11 is 0. The minimum absolute atomic E-state index is 0.104. The fraction of sp³-hybridized carbons (Fsp3) is 0.440. The molecular formula is C25H31N7O. The molecule has 0 aromatic carbocycles. The van der Waals surface area contributed by atoms with Gasteiger partial charge >= 0.3 is 0 Å². The fourth-order valence-electron chi connectivity index (χ4n) is 4.95. The van der Waals surface area contributed by atoms with Crippen LogP contribution in [-0.2, 0) is 6.42 Å². The summed E-state index contributed by atoms with van der Waals surface area (Å²) in [6.07, 6.45) is 4.63. The molecule has 4 aromatic heterocycles. The average Bonchev–Trinajstić information content (AvgIpc) is 3.22. The molecule has 0 spiro atoms. The van der Waals surface area contributed by atoms with Crippen molar-refractivity contribution in [2.45, 2.75) is 53.1 Å². The van der Waals surface area contributed by atoms with Gasteiger partial charge in [0.25, 0.3) is 5.56 Å². The van der Waals surface area contributed by atoms with Crippen LogP contribution in [-0.4, -0.2) is 60.6 Å². The zero-order chi connectivity index (χ0) is 23.3. The molecule has 0 aliphatic carbocycles. The summed E-state index contributed by atoms with van der Waals surface area (Å²) in [5, 5.41) is 4.67. The monoisotopic (exact) mass is 445 g/mol. The van der Waals surface area contributed by atoms with Crippen molar-refractivity contribution in [3.63, 3.8) is 0 Å². The highest BCUT2D eigenvalue weighted by Crippen LogP contribution is 2.23. The molecule has 1 saturated heterocycles. The second-order valence-corrected chi connectivity index (χ2v) is 9.26. The zero-order valence-corrected chi connectivity index (χ0v) is 20.0. The topological polar surface area (TPSA) is 71.0 Å². The van der Waals surface area contributed by atoms with Crippen molar-refractivity contribution in [3.8, 4) is 11.4 Å². The van der Waals surface area contributed by atoms with E-state index < -0.39 is 0 Å². The van der Waals surface area contributed by atoms with E-state index in [-0.39, 0.29) is 5.56 Å². The van der Waals surface area contributed by atoms with Crippen LogP contribution in [0.25, 0.3) is 22.6 Å². The van der Waals surface area contributed by atoms with Gasteiger partial charge in [0.15, 0.2) is 0 Å². The number of hydrogen-bond donors (Lipinski definition) is 0. The maximum absolute atomic E-state index is 13.1. The molecule has 1 atom stereocenters. The molecule has 0 bridgehead atoms. The normalized spacial score (nSPS) is 17.5. The number of fused-ring (bicyclic) bond motifs is 2. The minimum Gasteiger partial charge on any atom is -0.367 e. The first kappa shape index (κ1) is 21.6. The van der Waals surface area contributed by atoms with Gasteiger partial charge in [-0.15, -0.1) is 0 Å². The fourth-order valence-corrected chi connectivity index (χ4v) is 4.95. The molecular weight excluding hydrogens is 414 g/mol. The van der Waals surface area contributed by atoms with Gasteiger partial charge in [0.2, 0.25) is 0 Å². The first-order chi connectivity index (χ1) is 15.8. The number of pyridine rings is 1. The molecule has 4 aromatic rings. The molecule has 0 unspecified atom stereocenters. The van der Waals surface area contributed by atoms with Crippen molar-refractivity contribution in [1.29, 1.82) is 0 Å². The van der Waals surface area contributed by atoms with Gasteiger partial charge in [0, 0.05) is 44.0 Å². The first-order valence-electron chi connectivity index (χ1n) is 11.7. The third-order valence-electron chi connectivity index (χ3n) is 6.60. The predicted octanol–water partition coefficient (Wildman–Crippen LogP) is 3.19. The SMILES string of the molecule is CCc1nc(C)cn2nc(-c3cc(=O)n4cc(N5CCN(C(C)C)[C@H](C)C5)ccc4n3)cc12. The minimum atomic E-state index is -0.104. The van der Waals surface area contributed by atoms with Crippen molar-refractivity contribution in [1.82, 2.24) is 28.9 Å². The predicted molar refractivity (Wildman–Crippen MR) is 131 cm³/mol. The Kier molecular flexibility index (Phi) is 5.40. The molecule has 0 amide bonds. The Morgan fingerprint density at radius 1 is 1.09 bits per heavy atom. The van der Waals surface area contributed by atoms with Gasteiger partial charge in [-0.1, -0.05) is 6.92 Å². The van der Waals surface area contributed by atoms with Gasteiger partial charge < -0.3 is 4.90 Å². The maximum atomic E-state index is 13.1. The standard InChI is InChI=1S/C25H31N7O/c1-6-20-23-11-22(28-32(23)13-17(4)26-20)21-12-25(33)31-15-19(7-8-24(31)27-21)29-9-10-30(16(2)3)18(5)14-29/h7-8,11-13,15-16,18H,6,9-10,14H2,1-5H3/t18-/m1/s1. The Bertz CT molecular complexity index is 1390. The quantitative estimate of drug-likeness (QED) is 0.480. The number of piperazine rings is 1. The van der Waals surface area contributed by atoms with Gasteiger partial charge in [-0.05, 0) is 52.3 Å². The van der Waals surface area contributed by atoms with E-state index in [1.54, 1.807) is 10.5 Å². The molecule has 5 rings (SSSR count). The summed E-state index contributed by atoms with van der Waals surface area (Å²) in [7, 11) is 0. The number of rotatable bonds is 4. The lowest BCUT2D eigenvalue weighted by Crippen LogP contribution is -2.54. The number of nitrogens with zero attached hydrogens (tertiary/aromatic N) is 7. The molecule has 8 nitrogen and oxygen atoms in total. The third kappa shape index (κ3) is 3.88. The molecule has 0 N–H and O–H groups in total. The highest BCUT2D eigenvalue weighted by atomic mass is 16.1. The highest BCUT2D eigenvalue weighted by Gasteiger charge is 2.25. The van der Waals surface area contributed by atoms with Gasteiger partial charge in [-0.25, -0.2) is 9.50 Å². The van der Waals surface area contributed by atoms with E-state index in [9.17, 15) is 4.79 Å². The van der Waals surface area contributed by atoms with Crippen molar-refractivity contribution >= 4 is 16.9 Å². The van der Waals surface area contributed by atoms with Crippen LogP contribution in [0.5, 0.6) is 0 Å². The average molecular weight is 446 g/mol. The molecule has 1 fully saturated rings. The summed E-state index contributed by atoms with van der Waals surface area (Å²) in [6.45, 7) is 13.7. The van der Waals surface area contributed by atoms with Crippen LogP contribution in [0.1, 0.15) is 39.1 Å². The molecule has 5 heterocycles. The van der Waals surface area contributed by atoms with Gasteiger partial charge in [0.05, 0.1) is 34.5 Å². The van der Waals surface area contributed by atoms with E-state index in [1.807, 2.05) is 36.0 Å². The molecule has 1 aliphatic heterocycles. The van der Waals surface area contributed by atoms with E-state index in [0.29, 0.717) is 29.1 Å². The Balaban J connectivity index is 1.50. The summed E-state index contributed by atoms with van der Waals surface area (Å²) < 4.78 is 3.47. The van der Waals surface area contributed by atoms with E-state index in [2.05, 4.69) is 53.6 Å². The van der Waals surface area contributed by atoms with Crippen LogP contribution in [0.4, 0.5) is 5.69 Å². The van der Waals surface area contributed by atoms with Crippen LogP contribution >= 0.6 is 0 Å². The van der Waals surface area contributed by atoms with Crippen LogP contribution in [0, 0.1) is 6.92 Å². The van der Waals surface area contributed by atoms with Crippen LogP contribution in [0.3, 0.4) is 0 Å². The molecule has 33 heavy (non-hydrogen) atoms. The second-order valence-electron chi connectivity index (χ2n) is 9.26. The van der Waals surface area contributed by atoms with E-state index in [4.69, 9.17) is 4.98 Å². The van der Waals surface area contributed by atoms with Crippen LogP contribution < -0.4 is 10.5 Å². The third-order valence-corrected chi connectivity index (χ3v) is 6.60. The molecule has 0 saturated carbocycles. The van der Waals surface area contributed by atoms with Gasteiger partial charge in [-0.2, -0.15) is 5.10 Å². The molecule has 172 valence electrons. The number of anilines is 1. The largest absolute Gasteiger partial charge is 0.367 e. The lowest BCUT2D eigenvalue weighted by Gasteiger charge is -2.43. The van der Waals surface area contributed by atoms with Gasteiger partial charge in [0.1, 0.15) is 11.3 Å². The summed E-state index contributed by atoms with van der Waals surface area (Å²) in [4.78, 5) is 27.3. The van der Waals surface area contributed by atoms with E-state index in [0.717, 1.165) is 48.6 Å². The smallest absolute Gasteiger partial charge is 0.258 e. The van der Waals surface area contributed by atoms with Crippen molar-refractivity contribution in [2.75, 3.05) is 24.5 Å². The highest BCUT2D eigenvalue weighted by molar-refractivity contribution is 5.66. The summed E-state index contributed by atoms with van der Waals surface area (Å²) in [6, 6.07) is 8.54. The Hall–Kier alpha value is -3.26. The molecule has 8 heteroatoms. The zero-order valence-electron chi connectivity index (χ0n) is 20.0. The Labute approximate surface area is 193 Å². The lowest BCUT2D eigenvalue weighted by molar-refractivity contribution is 0.148. The first-order valence-corrected chi connectivity index (χ1v) is 11.7. The summed E-state index contributed by atoms with van der Waals surface area (Å²) in [5.41, 5.74) is 5.68. The number of aryl methyl sites for hydroxylation is 2. The van der Waals surface area contributed by atoms with Crippen molar-refractivity contribution < 1.29 is 0 Å². The van der Waals surface area contributed by atoms with Crippen LogP contribution in [0.2, 0.25) is 0 Å². The van der Waals surface area contributed by atoms with Gasteiger partial charge in [-0.3, -0.25) is 19.1 Å². The lowest BCUT2D eigenvalue weighted by atomic mass is 10.1. The molecule has 0 radical (unpaired) electrons. The van der Waals surface area contributed by atoms with E-state index >= 15 is 0 Å².